The fraction of sp³-hybridized carbons (Fsp3) is 0.318. The highest BCUT2D eigenvalue weighted by molar-refractivity contribution is 5.97. The number of rotatable bonds is 7. The van der Waals surface area contributed by atoms with E-state index < -0.39 is 18.5 Å². The lowest BCUT2D eigenvalue weighted by atomic mass is 10.1. The van der Waals surface area contributed by atoms with Crippen molar-refractivity contribution in [3.63, 3.8) is 0 Å². The van der Waals surface area contributed by atoms with Gasteiger partial charge in [0.1, 0.15) is 13.2 Å². The Hall–Kier alpha value is -3.73. The molecule has 8 nitrogen and oxygen atoms in total. The number of fused-ring (bicyclic) bond motifs is 1. The summed E-state index contributed by atoms with van der Waals surface area (Å²) >= 11 is 0. The van der Waals surface area contributed by atoms with Gasteiger partial charge in [0.2, 0.25) is 5.75 Å². The first-order valence-corrected chi connectivity index (χ1v) is 9.42. The summed E-state index contributed by atoms with van der Waals surface area (Å²) < 4.78 is 21.5. The van der Waals surface area contributed by atoms with Crippen LogP contribution in [0.25, 0.3) is 0 Å². The van der Waals surface area contributed by atoms with Gasteiger partial charge in [0, 0.05) is 12.2 Å². The van der Waals surface area contributed by atoms with Crippen LogP contribution in [0.3, 0.4) is 0 Å². The first kappa shape index (κ1) is 21.0. The Bertz CT molecular complexity index is 948. The van der Waals surface area contributed by atoms with Crippen LogP contribution in [0.5, 0.6) is 17.2 Å². The number of nitriles is 1. The zero-order valence-corrected chi connectivity index (χ0v) is 16.8. The Morgan fingerprint density at radius 2 is 1.90 bits per heavy atom. The molecule has 156 valence electrons. The minimum atomic E-state index is -0.692. The summed E-state index contributed by atoms with van der Waals surface area (Å²) in [6.45, 7) is 2.42. The van der Waals surface area contributed by atoms with Gasteiger partial charge in [0.25, 0.3) is 5.91 Å². The third-order valence-electron chi connectivity index (χ3n) is 4.48. The quantitative estimate of drug-likeness (QED) is 0.647. The molecule has 1 aliphatic rings. The van der Waals surface area contributed by atoms with Crippen molar-refractivity contribution in [2.24, 2.45) is 0 Å². The number of aryl methyl sites for hydroxylation is 1. The summed E-state index contributed by atoms with van der Waals surface area (Å²) in [6, 6.07) is 12.3. The fourth-order valence-electron chi connectivity index (χ4n) is 2.96. The highest BCUT2D eigenvalue weighted by atomic mass is 16.6. The van der Waals surface area contributed by atoms with Gasteiger partial charge in [-0.2, -0.15) is 5.26 Å². The first-order valence-electron chi connectivity index (χ1n) is 9.42. The van der Waals surface area contributed by atoms with Gasteiger partial charge >= 0.3 is 5.97 Å². The molecule has 3 rings (SSSR count). The standard InChI is InChI=1S/C22H22N2O6/c1-15-4-6-17(7-5-15)24(9-3-8-23)20(25)14-30-22(26)16-12-18(27-2)21-19(13-16)28-10-11-29-21/h4-7,12-13H,3,9-11,14H2,1-2H3. The SMILES string of the molecule is COc1cc(C(=O)OCC(=O)N(CCC#N)c2ccc(C)cc2)cc2c1OCCO2. The maximum Gasteiger partial charge on any atom is 0.338 e. The zero-order chi connectivity index (χ0) is 21.5. The fourth-order valence-corrected chi connectivity index (χ4v) is 2.96. The predicted molar refractivity (Wildman–Crippen MR) is 108 cm³/mol. The minimum absolute atomic E-state index is 0.160. The van der Waals surface area contributed by atoms with Crippen LogP contribution in [0, 0.1) is 18.3 Å². The van der Waals surface area contributed by atoms with Crippen molar-refractivity contribution in [2.75, 3.05) is 38.4 Å². The summed E-state index contributed by atoms with van der Waals surface area (Å²) in [6.07, 6.45) is 0.160. The molecular formula is C22H22N2O6. The van der Waals surface area contributed by atoms with Gasteiger partial charge in [0.05, 0.1) is 25.2 Å². The van der Waals surface area contributed by atoms with E-state index in [1.54, 1.807) is 12.1 Å². The van der Waals surface area contributed by atoms with E-state index in [-0.39, 0.29) is 18.5 Å². The van der Waals surface area contributed by atoms with Crippen LogP contribution in [0.15, 0.2) is 36.4 Å². The Labute approximate surface area is 174 Å². The van der Waals surface area contributed by atoms with Gasteiger partial charge in [0.15, 0.2) is 18.1 Å². The van der Waals surface area contributed by atoms with Crippen molar-refractivity contribution >= 4 is 17.6 Å². The van der Waals surface area contributed by atoms with Crippen molar-refractivity contribution in [1.82, 2.24) is 0 Å². The summed E-state index contributed by atoms with van der Waals surface area (Å²) in [5.74, 6) is 0.0445. The van der Waals surface area contributed by atoms with Gasteiger partial charge in [-0.25, -0.2) is 4.79 Å². The lowest BCUT2D eigenvalue weighted by Gasteiger charge is -2.22. The number of ether oxygens (including phenoxy) is 4. The monoisotopic (exact) mass is 410 g/mol. The topological polar surface area (TPSA) is 98.1 Å². The number of esters is 1. The van der Waals surface area contributed by atoms with Crippen molar-refractivity contribution in [2.45, 2.75) is 13.3 Å². The second kappa shape index (κ2) is 9.65. The molecule has 0 saturated carbocycles. The van der Waals surface area contributed by atoms with Crippen molar-refractivity contribution < 1.29 is 28.5 Å². The molecule has 0 unspecified atom stereocenters. The summed E-state index contributed by atoms with van der Waals surface area (Å²) in [5.41, 5.74) is 1.87. The van der Waals surface area contributed by atoms with Crippen molar-refractivity contribution in [3.05, 3.63) is 47.5 Å². The highest BCUT2D eigenvalue weighted by Crippen LogP contribution is 2.40. The van der Waals surface area contributed by atoms with Crippen LogP contribution in [-0.2, 0) is 9.53 Å². The van der Waals surface area contributed by atoms with E-state index in [0.29, 0.717) is 36.1 Å². The van der Waals surface area contributed by atoms with E-state index in [0.717, 1.165) is 5.56 Å². The van der Waals surface area contributed by atoms with Crippen LogP contribution < -0.4 is 19.1 Å². The van der Waals surface area contributed by atoms with Crippen LogP contribution >= 0.6 is 0 Å². The number of hydrogen-bond acceptors (Lipinski definition) is 7. The number of amides is 1. The molecule has 0 spiro atoms. The van der Waals surface area contributed by atoms with E-state index in [1.165, 1.54) is 24.1 Å². The number of nitrogens with zero attached hydrogens (tertiary/aromatic N) is 2. The van der Waals surface area contributed by atoms with Crippen LogP contribution in [0.2, 0.25) is 0 Å². The number of methoxy groups -OCH3 is 1. The largest absolute Gasteiger partial charge is 0.493 e. The number of carbonyl (C=O) groups is 2. The average molecular weight is 410 g/mol. The molecule has 0 aliphatic carbocycles. The maximum absolute atomic E-state index is 12.7. The van der Waals surface area contributed by atoms with Crippen molar-refractivity contribution in [1.29, 1.82) is 5.26 Å². The molecule has 2 aromatic rings. The van der Waals surface area contributed by atoms with Crippen molar-refractivity contribution in [3.8, 4) is 23.3 Å². The molecule has 8 heteroatoms. The summed E-state index contributed by atoms with van der Waals surface area (Å²) in [4.78, 5) is 26.7. The van der Waals surface area contributed by atoms with E-state index in [2.05, 4.69) is 0 Å². The van der Waals surface area contributed by atoms with Crippen LogP contribution in [0.1, 0.15) is 22.3 Å². The number of hydrogen-bond donors (Lipinski definition) is 0. The molecule has 2 aromatic carbocycles. The van der Waals surface area contributed by atoms with Gasteiger partial charge in [-0.15, -0.1) is 0 Å². The first-order chi connectivity index (χ1) is 14.5. The molecule has 0 aromatic heterocycles. The van der Waals surface area contributed by atoms with E-state index >= 15 is 0 Å². The molecule has 0 bridgehead atoms. The van der Waals surface area contributed by atoms with Gasteiger partial charge in [-0.05, 0) is 31.2 Å². The van der Waals surface area contributed by atoms with E-state index in [1.807, 2.05) is 25.1 Å². The molecule has 0 saturated heterocycles. The Balaban J connectivity index is 1.71. The molecule has 0 N–H and O–H groups in total. The van der Waals surface area contributed by atoms with Gasteiger partial charge in [-0.3, -0.25) is 4.79 Å². The predicted octanol–water partition coefficient (Wildman–Crippen LogP) is 2.88. The third kappa shape index (κ3) is 4.81. The Kier molecular flexibility index (Phi) is 6.75. The Morgan fingerprint density at radius 1 is 1.17 bits per heavy atom. The van der Waals surface area contributed by atoms with Gasteiger partial charge < -0.3 is 23.8 Å². The maximum atomic E-state index is 12.7. The highest BCUT2D eigenvalue weighted by Gasteiger charge is 2.23. The summed E-state index contributed by atoms with van der Waals surface area (Å²) in [5, 5.41) is 8.89. The molecule has 30 heavy (non-hydrogen) atoms. The molecule has 0 atom stereocenters. The second-order valence-electron chi connectivity index (χ2n) is 6.57. The number of carbonyl (C=O) groups excluding carboxylic acids is 2. The number of benzene rings is 2. The second-order valence-corrected chi connectivity index (χ2v) is 6.57. The third-order valence-corrected chi connectivity index (χ3v) is 4.48. The summed E-state index contributed by atoms with van der Waals surface area (Å²) in [7, 11) is 1.46. The van der Waals surface area contributed by atoms with Crippen LogP contribution in [0.4, 0.5) is 5.69 Å². The van der Waals surface area contributed by atoms with E-state index in [9.17, 15) is 9.59 Å². The zero-order valence-electron chi connectivity index (χ0n) is 16.8. The molecule has 0 radical (unpaired) electrons. The molecule has 0 fully saturated rings. The normalized spacial score (nSPS) is 11.9. The minimum Gasteiger partial charge on any atom is -0.493 e. The lowest BCUT2D eigenvalue weighted by molar-refractivity contribution is -0.121. The molecule has 1 amide bonds. The Morgan fingerprint density at radius 3 is 2.60 bits per heavy atom. The smallest absolute Gasteiger partial charge is 0.338 e. The molecular weight excluding hydrogens is 388 g/mol. The van der Waals surface area contributed by atoms with E-state index in [4.69, 9.17) is 24.2 Å². The molecule has 1 heterocycles. The lowest BCUT2D eigenvalue weighted by Crippen LogP contribution is -2.35. The molecule has 1 aliphatic heterocycles. The van der Waals surface area contributed by atoms with Crippen LogP contribution in [-0.4, -0.2) is 45.4 Å². The average Bonchev–Trinajstić information content (AvgIpc) is 2.78. The van der Waals surface area contributed by atoms with Gasteiger partial charge in [-0.1, -0.05) is 17.7 Å². The number of anilines is 1.